The molecule has 0 radical (unpaired) electrons. The van der Waals surface area contributed by atoms with Crippen molar-refractivity contribution in [2.75, 3.05) is 40.3 Å². The van der Waals surface area contributed by atoms with Gasteiger partial charge in [0.15, 0.2) is 5.96 Å². The predicted molar refractivity (Wildman–Crippen MR) is 125 cm³/mol. The van der Waals surface area contributed by atoms with Crippen LogP contribution in [0, 0.1) is 0 Å². The molecular weight excluding hydrogens is 390 g/mol. The van der Waals surface area contributed by atoms with Crippen LogP contribution >= 0.6 is 0 Å². The largest absolute Gasteiger partial charge is 0.357 e. The first kappa shape index (κ1) is 23.9. The summed E-state index contributed by atoms with van der Waals surface area (Å²) in [6.45, 7) is 3.98. The van der Waals surface area contributed by atoms with E-state index in [1.165, 1.54) is 5.56 Å². The lowest BCUT2D eigenvalue weighted by Crippen LogP contribution is -2.39. The van der Waals surface area contributed by atoms with Gasteiger partial charge in [0.25, 0.3) is 5.91 Å². The lowest BCUT2D eigenvalue weighted by molar-refractivity contribution is -0.119. The Morgan fingerprint density at radius 3 is 2.26 bits per heavy atom. The second kappa shape index (κ2) is 13.1. The molecule has 2 aromatic carbocycles. The van der Waals surface area contributed by atoms with Crippen molar-refractivity contribution in [1.29, 1.82) is 0 Å². The summed E-state index contributed by atoms with van der Waals surface area (Å²) in [5.41, 5.74) is 2.93. The number of carbonyl (C=O) groups excluding carboxylic acids is 2. The molecule has 0 aliphatic carbocycles. The SMILES string of the molecule is CCNC(=NCC(=O)NCCc1ccccc1)NCCc1cccc(C(=O)N(C)C)c1. The van der Waals surface area contributed by atoms with Gasteiger partial charge in [-0.1, -0.05) is 42.5 Å². The highest BCUT2D eigenvalue weighted by atomic mass is 16.2. The molecule has 0 aliphatic heterocycles. The smallest absolute Gasteiger partial charge is 0.253 e. The fourth-order valence-corrected chi connectivity index (χ4v) is 2.98. The Labute approximate surface area is 184 Å². The first-order chi connectivity index (χ1) is 15.0. The van der Waals surface area contributed by atoms with E-state index in [0.717, 1.165) is 18.4 Å². The summed E-state index contributed by atoms with van der Waals surface area (Å²) in [5, 5.41) is 9.29. The minimum atomic E-state index is -0.108. The molecule has 0 aromatic heterocycles. The number of benzene rings is 2. The monoisotopic (exact) mass is 423 g/mol. The Kier molecular flexibility index (Phi) is 10.1. The van der Waals surface area contributed by atoms with Crippen LogP contribution in [0.1, 0.15) is 28.4 Å². The van der Waals surface area contributed by atoms with Gasteiger partial charge in [-0.25, -0.2) is 4.99 Å². The van der Waals surface area contributed by atoms with Crippen LogP contribution in [-0.2, 0) is 17.6 Å². The molecule has 3 N–H and O–H groups in total. The molecule has 166 valence electrons. The second-order valence-corrected chi connectivity index (χ2v) is 7.36. The summed E-state index contributed by atoms with van der Waals surface area (Å²) in [5.74, 6) is 0.479. The van der Waals surface area contributed by atoms with E-state index in [1.807, 2.05) is 61.5 Å². The third-order valence-corrected chi connectivity index (χ3v) is 4.59. The summed E-state index contributed by atoms with van der Waals surface area (Å²) in [4.78, 5) is 30.1. The van der Waals surface area contributed by atoms with Crippen LogP contribution in [0.15, 0.2) is 59.6 Å². The molecule has 0 heterocycles. The van der Waals surface area contributed by atoms with Crippen molar-refractivity contribution in [2.24, 2.45) is 4.99 Å². The molecule has 2 amide bonds. The van der Waals surface area contributed by atoms with Crippen molar-refractivity contribution in [3.05, 3.63) is 71.3 Å². The van der Waals surface area contributed by atoms with E-state index >= 15 is 0 Å². The maximum absolute atomic E-state index is 12.1. The number of guanidine groups is 1. The van der Waals surface area contributed by atoms with Gasteiger partial charge in [-0.15, -0.1) is 0 Å². The number of nitrogens with one attached hydrogen (secondary N) is 3. The van der Waals surface area contributed by atoms with Gasteiger partial charge < -0.3 is 20.9 Å². The first-order valence-electron chi connectivity index (χ1n) is 10.6. The van der Waals surface area contributed by atoms with E-state index in [-0.39, 0.29) is 18.4 Å². The van der Waals surface area contributed by atoms with Crippen molar-refractivity contribution < 1.29 is 9.59 Å². The molecular formula is C24H33N5O2. The van der Waals surface area contributed by atoms with Gasteiger partial charge in [0.2, 0.25) is 5.91 Å². The Morgan fingerprint density at radius 1 is 0.871 bits per heavy atom. The fourth-order valence-electron chi connectivity index (χ4n) is 2.98. The minimum absolute atomic E-state index is 0.0111. The second-order valence-electron chi connectivity index (χ2n) is 7.36. The highest BCUT2D eigenvalue weighted by Crippen LogP contribution is 2.07. The zero-order chi connectivity index (χ0) is 22.5. The zero-order valence-corrected chi connectivity index (χ0v) is 18.6. The van der Waals surface area contributed by atoms with Gasteiger partial charge in [-0.2, -0.15) is 0 Å². The van der Waals surface area contributed by atoms with Crippen LogP contribution < -0.4 is 16.0 Å². The van der Waals surface area contributed by atoms with E-state index in [1.54, 1.807) is 19.0 Å². The van der Waals surface area contributed by atoms with Crippen molar-refractivity contribution in [3.63, 3.8) is 0 Å². The van der Waals surface area contributed by atoms with Crippen LogP contribution in [0.5, 0.6) is 0 Å². The van der Waals surface area contributed by atoms with Gasteiger partial charge in [0.1, 0.15) is 6.54 Å². The average molecular weight is 424 g/mol. The molecule has 7 nitrogen and oxygen atoms in total. The summed E-state index contributed by atoms with van der Waals surface area (Å²) in [7, 11) is 3.49. The van der Waals surface area contributed by atoms with E-state index in [4.69, 9.17) is 0 Å². The maximum atomic E-state index is 12.1. The van der Waals surface area contributed by atoms with Crippen LogP contribution in [0.4, 0.5) is 0 Å². The molecule has 0 spiro atoms. The van der Waals surface area contributed by atoms with Gasteiger partial charge in [-0.3, -0.25) is 9.59 Å². The van der Waals surface area contributed by atoms with Crippen molar-refractivity contribution in [1.82, 2.24) is 20.9 Å². The van der Waals surface area contributed by atoms with E-state index in [2.05, 4.69) is 20.9 Å². The molecule has 0 fully saturated rings. The average Bonchev–Trinajstić information content (AvgIpc) is 2.78. The fraction of sp³-hybridized carbons (Fsp3) is 0.375. The molecule has 0 unspecified atom stereocenters. The van der Waals surface area contributed by atoms with Crippen LogP contribution in [0.3, 0.4) is 0 Å². The summed E-state index contributed by atoms with van der Waals surface area (Å²) in [6, 6.07) is 17.7. The van der Waals surface area contributed by atoms with Gasteiger partial charge >= 0.3 is 0 Å². The van der Waals surface area contributed by atoms with E-state index in [9.17, 15) is 9.59 Å². The third kappa shape index (κ3) is 8.90. The number of carbonyl (C=O) groups is 2. The summed E-state index contributed by atoms with van der Waals surface area (Å²) in [6.07, 6.45) is 1.53. The van der Waals surface area contributed by atoms with Gasteiger partial charge in [-0.05, 0) is 43.0 Å². The quantitative estimate of drug-likeness (QED) is 0.402. The van der Waals surface area contributed by atoms with Gasteiger partial charge in [0, 0.05) is 39.3 Å². The number of amides is 2. The normalized spacial score (nSPS) is 11.0. The first-order valence-corrected chi connectivity index (χ1v) is 10.6. The van der Waals surface area contributed by atoms with Crippen LogP contribution in [0.25, 0.3) is 0 Å². The molecule has 7 heteroatoms. The molecule has 2 rings (SSSR count). The standard InChI is InChI=1S/C24H33N5O2/c1-4-25-24(28-18-22(30)26-15-13-19-9-6-5-7-10-19)27-16-14-20-11-8-12-21(17-20)23(31)29(2)3/h5-12,17H,4,13-16,18H2,1-3H3,(H,26,30)(H2,25,27,28). The van der Waals surface area contributed by atoms with E-state index < -0.39 is 0 Å². The number of aliphatic imine (C=N–C) groups is 1. The molecule has 0 bridgehead atoms. The van der Waals surface area contributed by atoms with Crippen LogP contribution in [-0.4, -0.2) is 62.9 Å². The molecule has 0 atom stereocenters. The van der Waals surface area contributed by atoms with Gasteiger partial charge in [0.05, 0.1) is 0 Å². The summed E-state index contributed by atoms with van der Waals surface area (Å²) < 4.78 is 0. The topological polar surface area (TPSA) is 85.8 Å². The molecule has 2 aromatic rings. The Morgan fingerprint density at radius 2 is 1.55 bits per heavy atom. The Hall–Kier alpha value is -3.35. The maximum Gasteiger partial charge on any atom is 0.253 e. The predicted octanol–water partition coefficient (Wildman–Crippen LogP) is 1.84. The summed E-state index contributed by atoms with van der Waals surface area (Å²) >= 11 is 0. The third-order valence-electron chi connectivity index (χ3n) is 4.59. The Bertz CT molecular complexity index is 865. The number of hydrogen-bond donors (Lipinski definition) is 3. The molecule has 0 saturated heterocycles. The Balaban J connectivity index is 1.78. The molecule has 0 saturated carbocycles. The van der Waals surface area contributed by atoms with Crippen molar-refractivity contribution in [3.8, 4) is 0 Å². The highest BCUT2D eigenvalue weighted by molar-refractivity contribution is 5.94. The lowest BCUT2D eigenvalue weighted by atomic mass is 10.1. The molecule has 0 aliphatic rings. The van der Waals surface area contributed by atoms with E-state index in [0.29, 0.717) is 31.2 Å². The molecule has 31 heavy (non-hydrogen) atoms. The zero-order valence-electron chi connectivity index (χ0n) is 18.6. The minimum Gasteiger partial charge on any atom is -0.357 e. The number of hydrogen-bond acceptors (Lipinski definition) is 3. The van der Waals surface area contributed by atoms with Crippen molar-refractivity contribution >= 4 is 17.8 Å². The van der Waals surface area contributed by atoms with Crippen molar-refractivity contribution in [2.45, 2.75) is 19.8 Å². The lowest BCUT2D eigenvalue weighted by Gasteiger charge is -2.13. The highest BCUT2D eigenvalue weighted by Gasteiger charge is 2.08. The number of nitrogens with zero attached hydrogens (tertiary/aromatic N) is 2. The number of rotatable bonds is 10. The van der Waals surface area contributed by atoms with Crippen LogP contribution in [0.2, 0.25) is 0 Å².